The molecule has 0 spiro atoms. The van der Waals surface area contributed by atoms with Crippen LogP contribution in [0.2, 0.25) is 0 Å². The molecular weight excluding hydrogens is 320 g/mol. The van der Waals surface area contributed by atoms with Gasteiger partial charge in [0.2, 0.25) is 5.91 Å². The Morgan fingerprint density at radius 3 is 2.50 bits per heavy atom. The molecule has 2 heterocycles. The van der Waals surface area contributed by atoms with Crippen molar-refractivity contribution in [1.82, 2.24) is 14.5 Å². The van der Waals surface area contributed by atoms with Crippen LogP contribution in [0.4, 0.5) is 0 Å². The van der Waals surface area contributed by atoms with Gasteiger partial charge < -0.3 is 0 Å². The van der Waals surface area contributed by atoms with Gasteiger partial charge in [0.25, 0.3) is 0 Å². The molecule has 0 unspecified atom stereocenters. The maximum Gasteiger partial charge on any atom is 0.232 e. The molecule has 6 heteroatoms. The van der Waals surface area contributed by atoms with E-state index in [1.54, 1.807) is 10.8 Å². The monoisotopic (exact) mass is 344 g/mol. The highest BCUT2D eigenvalue weighted by molar-refractivity contribution is 7.98. The number of rotatable bonds is 5. The van der Waals surface area contributed by atoms with E-state index in [9.17, 15) is 4.79 Å². The molecule has 0 aliphatic carbocycles. The summed E-state index contributed by atoms with van der Waals surface area (Å²) in [6.45, 7) is 7.95. The minimum absolute atomic E-state index is 0.0303. The first-order valence-electron chi connectivity index (χ1n) is 8.05. The molecule has 0 atom stereocenters. The molecule has 0 radical (unpaired) electrons. The highest BCUT2D eigenvalue weighted by Crippen LogP contribution is 2.17. The lowest BCUT2D eigenvalue weighted by atomic mass is 10.1. The Kier molecular flexibility index (Phi) is 6.31. The van der Waals surface area contributed by atoms with Crippen molar-refractivity contribution in [3.63, 3.8) is 0 Å². The van der Waals surface area contributed by atoms with Gasteiger partial charge in [-0.2, -0.15) is 0 Å². The third kappa shape index (κ3) is 4.54. The molecule has 0 aromatic carbocycles. The number of aryl methyl sites for hydroxylation is 2. The topological polar surface area (TPSA) is 60.1 Å². The molecular formula is C18H24N4OS. The smallest absolute Gasteiger partial charge is 0.232 e. The van der Waals surface area contributed by atoms with Crippen LogP contribution < -0.4 is 5.49 Å². The number of thioether (sulfide) groups is 1. The highest BCUT2D eigenvalue weighted by atomic mass is 32.2. The van der Waals surface area contributed by atoms with Gasteiger partial charge >= 0.3 is 0 Å². The molecule has 0 aliphatic heterocycles. The van der Waals surface area contributed by atoms with Crippen molar-refractivity contribution in [1.29, 1.82) is 0 Å². The lowest BCUT2D eigenvalue weighted by Crippen LogP contribution is -2.27. The van der Waals surface area contributed by atoms with E-state index in [2.05, 4.69) is 15.0 Å². The normalized spacial score (nSPS) is 12.0. The lowest BCUT2D eigenvalue weighted by molar-refractivity contribution is 0.0897. The summed E-state index contributed by atoms with van der Waals surface area (Å²) in [4.78, 5) is 26.1. The Hall–Kier alpha value is -1.95. The summed E-state index contributed by atoms with van der Waals surface area (Å²) in [5.41, 5.74) is 3.65. The number of aromatic nitrogens is 3. The van der Waals surface area contributed by atoms with E-state index in [0.29, 0.717) is 18.3 Å². The van der Waals surface area contributed by atoms with Crippen LogP contribution in [0.5, 0.6) is 0 Å². The number of carbonyl (C=O) groups excluding carboxylic acids is 1. The van der Waals surface area contributed by atoms with Gasteiger partial charge in [-0.05, 0) is 58.1 Å². The minimum Gasteiger partial charge on any atom is -0.274 e. The van der Waals surface area contributed by atoms with Gasteiger partial charge in [-0.15, -0.1) is 0 Å². The molecule has 0 saturated carbocycles. The van der Waals surface area contributed by atoms with E-state index in [0.717, 1.165) is 22.1 Å². The minimum atomic E-state index is 0.0303. The van der Waals surface area contributed by atoms with E-state index in [4.69, 9.17) is 0 Å². The van der Waals surface area contributed by atoms with Gasteiger partial charge in [-0.1, -0.05) is 17.8 Å². The molecule has 2 rings (SSSR count). The van der Waals surface area contributed by atoms with Crippen molar-refractivity contribution in [2.75, 3.05) is 6.26 Å². The predicted molar refractivity (Wildman–Crippen MR) is 97.4 cm³/mol. The molecule has 24 heavy (non-hydrogen) atoms. The first kappa shape index (κ1) is 18.4. The fourth-order valence-corrected chi connectivity index (χ4v) is 2.99. The van der Waals surface area contributed by atoms with E-state index in [1.165, 1.54) is 11.8 Å². The zero-order valence-corrected chi connectivity index (χ0v) is 15.7. The van der Waals surface area contributed by atoms with E-state index in [-0.39, 0.29) is 11.9 Å². The van der Waals surface area contributed by atoms with E-state index < -0.39 is 0 Å². The molecule has 0 fully saturated rings. The highest BCUT2D eigenvalue weighted by Gasteiger charge is 2.12. The second-order valence-corrected chi connectivity index (χ2v) is 6.68. The number of nitrogens with zero attached hydrogens (tertiary/aromatic N) is 4. The van der Waals surface area contributed by atoms with Crippen LogP contribution >= 0.6 is 11.8 Å². The van der Waals surface area contributed by atoms with Crippen molar-refractivity contribution in [3.8, 4) is 0 Å². The summed E-state index contributed by atoms with van der Waals surface area (Å²) in [7, 11) is 0. The van der Waals surface area contributed by atoms with Crippen LogP contribution in [0.3, 0.4) is 0 Å². The third-order valence-corrected chi connectivity index (χ3v) is 4.22. The second kappa shape index (κ2) is 8.24. The van der Waals surface area contributed by atoms with Crippen molar-refractivity contribution < 1.29 is 4.79 Å². The third-order valence-electron chi connectivity index (χ3n) is 3.67. The van der Waals surface area contributed by atoms with Gasteiger partial charge in [-0.25, -0.2) is 9.97 Å². The number of hydrogen-bond acceptors (Lipinski definition) is 5. The zero-order valence-electron chi connectivity index (χ0n) is 14.9. The Morgan fingerprint density at radius 2 is 1.92 bits per heavy atom. The van der Waals surface area contributed by atoms with Crippen LogP contribution in [0.25, 0.3) is 0 Å². The van der Waals surface area contributed by atoms with Crippen molar-refractivity contribution in [2.24, 2.45) is 4.99 Å². The Labute approximate surface area is 147 Å². The molecule has 0 N–H and O–H groups in total. The average molecular weight is 344 g/mol. The summed E-state index contributed by atoms with van der Waals surface area (Å²) >= 11 is 1.53. The first-order valence-corrected chi connectivity index (χ1v) is 9.27. The first-order chi connectivity index (χ1) is 11.4. The van der Waals surface area contributed by atoms with Crippen LogP contribution in [0.15, 0.2) is 34.5 Å². The van der Waals surface area contributed by atoms with E-state index in [1.807, 2.05) is 52.1 Å². The zero-order chi connectivity index (χ0) is 17.7. The Bertz CT molecular complexity index is 773. The van der Waals surface area contributed by atoms with Gasteiger partial charge in [-0.3, -0.25) is 14.4 Å². The van der Waals surface area contributed by atoms with Crippen molar-refractivity contribution in [3.05, 3.63) is 46.8 Å². The van der Waals surface area contributed by atoms with Crippen LogP contribution in [0, 0.1) is 13.8 Å². The maximum atomic E-state index is 12.6. The summed E-state index contributed by atoms with van der Waals surface area (Å²) < 4.78 is 1.63. The van der Waals surface area contributed by atoms with Crippen LogP contribution in [-0.4, -0.2) is 32.7 Å². The number of pyridine rings is 1. The number of carbonyl (C=O) groups is 1. The van der Waals surface area contributed by atoms with E-state index >= 15 is 0 Å². The fourth-order valence-electron chi connectivity index (χ4n) is 2.53. The second-order valence-electron chi connectivity index (χ2n) is 5.91. The molecule has 0 saturated heterocycles. The molecule has 128 valence electrons. The Balaban J connectivity index is 2.21. The summed E-state index contributed by atoms with van der Waals surface area (Å²) in [5, 5.41) is 0.774. The van der Waals surface area contributed by atoms with Crippen molar-refractivity contribution in [2.45, 2.75) is 51.7 Å². The molecule has 0 aliphatic rings. The summed E-state index contributed by atoms with van der Waals surface area (Å²) in [6, 6.07) is 5.76. The maximum absolute atomic E-state index is 12.6. The molecule has 0 amide bonds. The molecule has 2 aromatic heterocycles. The molecule has 5 nitrogen and oxygen atoms in total. The largest absolute Gasteiger partial charge is 0.274 e. The van der Waals surface area contributed by atoms with Gasteiger partial charge in [0.15, 0.2) is 5.16 Å². The van der Waals surface area contributed by atoms with Crippen molar-refractivity contribution >= 4 is 17.7 Å². The van der Waals surface area contributed by atoms with Gasteiger partial charge in [0, 0.05) is 30.0 Å². The van der Waals surface area contributed by atoms with Crippen LogP contribution in [-0.2, 0) is 6.42 Å². The van der Waals surface area contributed by atoms with Gasteiger partial charge in [0.1, 0.15) is 5.49 Å². The quantitative estimate of drug-likeness (QED) is 0.617. The average Bonchev–Trinajstić information content (AvgIpc) is 2.53. The fraction of sp³-hybridized carbons (Fsp3) is 0.444. The molecule has 2 aromatic rings. The van der Waals surface area contributed by atoms with Crippen LogP contribution in [0.1, 0.15) is 42.0 Å². The Morgan fingerprint density at radius 1 is 1.25 bits per heavy atom. The van der Waals surface area contributed by atoms with Gasteiger partial charge in [0.05, 0.1) is 0 Å². The SMILES string of the molecule is CSc1nc(C)c(CCC(=O)n2ccccc2=NC(C)C)c(C)n1. The molecule has 0 bridgehead atoms. The predicted octanol–water partition coefficient (Wildman–Crippen LogP) is 3.20. The summed E-state index contributed by atoms with van der Waals surface area (Å²) in [5.74, 6) is 0.0303. The number of hydrogen-bond donors (Lipinski definition) is 0. The standard InChI is InChI=1S/C18H24N4OS/c1-12(2)19-16-8-6-7-11-22(16)17(23)10-9-15-13(3)20-18(24-5)21-14(15)4/h6-8,11-12H,9-10H2,1-5H3. The lowest BCUT2D eigenvalue weighted by Gasteiger charge is -2.11. The summed E-state index contributed by atoms with van der Waals surface area (Å²) in [6.07, 6.45) is 4.77.